The first-order chi connectivity index (χ1) is 12.8. The summed E-state index contributed by atoms with van der Waals surface area (Å²) in [6.45, 7) is 0.775. The summed E-state index contributed by atoms with van der Waals surface area (Å²) < 4.78 is 5.37. The van der Waals surface area contributed by atoms with Crippen LogP contribution >= 0.6 is 0 Å². The fourth-order valence-electron chi connectivity index (χ4n) is 3.81. The third-order valence-electron chi connectivity index (χ3n) is 5.12. The minimum atomic E-state index is 0.0797. The highest BCUT2D eigenvalue weighted by Gasteiger charge is 2.29. The van der Waals surface area contributed by atoms with E-state index in [4.69, 9.17) is 4.74 Å². The number of methoxy groups -OCH3 is 1. The van der Waals surface area contributed by atoms with Crippen molar-refractivity contribution in [2.24, 2.45) is 0 Å². The van der Waals surface area contributed by atoms with Crippen LogP contribution in [0.4, 0.5) is 0 Å². The molecule has 0 bridgehead atoms. The maximum atomic E-state index is 13.4. The van der Waals surface area contributed by atoms with Gasteiger partial charge in [0.2, 0.25) is 0 Å². The number of hydrogen-bond donors (Lipinski definition) is 0. The van der Waals surface area contributed by atoms with Crippen molar-refractivity contribution >= 4 is 16.8 Å². The third kappa shape index (κ3) is 3.03. The summed E-state index contributed by atoms with van der Waals surface area (Å²) in [4.78, 5) is 19.8. The molecule has 1 atom stereocenters. The molecule has 0 spiro atoms. The number of rotatable bonds is 3. The normalized spacial score (nSPS) is 17.3. The fraction of sp³-hybridized carbons (Fsp3) is 0.273. The van der Waals surface area contributed by atoms with Crippen LogP contribution in [0.1, 0.15) is 41.2 Å². The minimum Gasteiger partial charge on any atom is -0.497 e. The Hall–Kier alpha value is -2.88. The van der Waals surface area contributed by atoms with Crippen LogP contribution in [-0.4, -0.2) is 29.4 Å². The molecule has 4 rings (SSSR count). The molecule has 1 amide bonds. The first kappa shape index (κ1) is 16.6. The second kappa shape index (κ2) is 7.16. The van der Waals surface area contributed by atoms with E-state index in [-0.39, 0.29) is 11.9 Å². The quantitative estimate of drug-likeness (QED) is 0.695. The average molecular weight is 346 g/mol. The zero-order chi connectivity index (χ0) is 17.9. The molecule has 2 aromatic carbocycles. The molecule has 1 saturated heterocycles. The molecule has 4 nitrogen and oxygen atoms in total. The van der Waals surface area contributed by atoms with Gasteiger partial charge >= 0.3 is 0 Å². The van der Waals surface area contributed by atoms with Gasteiger partial charge in [0.15, 0.2) is 0 Å². The van der Waals surface area contributed by atoms with Gasteiger partial charge in [0, 0.05) is 18.1 Å². The van der Waals surface area contributed by atoms with Gasteiger partial charge < -0.3 is 9.64 Å². The number of para-hydroxylation sites is 1. The Kier molecular flexibility index (Phi) is 4.57. The molecule has 26 heavy (non-hydrogen) atoms. The van der Waals surface area contributed by atoms with Crippen molar-refractivity contribution in [3.8, 4) is 5.75 Å². The van der Waals surface area contributed by atoms with Crippen LogP contribution in [0.2, 0.25) is 0 Å². The lowest BCUT2D eigenvalue weighted by atomic mass is 9.94. The molecule has 0 N–H and O–H groups in total. The number of hydrogen-bond acceptors (Lipinski definition) is 3. The van der Waals surface area contributed by atoms with E-state index in [0.717, 1.165) is 53.6 Å². The number of benzene rings is 2. The molecule has 0 saturated carbocycles. The number of fused-ring (bicyclic) bond motifs is 1. The van der Waals surface area contributed by atoms with E-state index < -0.39 is 0 Å². The average Bonchev–Trinajstić information content (AvgIpc) is 2.73. The molecule has 2 heterocycles. The Bertz CT molecular complexity index is 933. The summed E-state index contributed by atoms with van der Waals surface area (Å²) in [5.41, 5.74) is 2.72. The molecular formula is C22H22N2O2. The number of amides is 1. The lowest BCUT2D eigenvalue weighted by Gasteiger charge is -2.36. The second-order valence-corrected chi connectivity index (χ2v) is 6.66. The van der Waals surface area contributed by atoms with Gasteiger partial charge in [-0.2, -0.15) is 0 Å². The van der Waals surface area contributed by atoms with Crippen molar-refractivity contribution in [1.82, 2.24) is 9.88 Å². The molecule has 3 aromatic rings. The van der Waals surface area contributed by atoms with Crippen LogP contribution in [-0.2, 0) is 0 Å². The Morgan fingerprint density at radius 3 is 2.88 bits per heavy atom. The van der Waals surface area contributed by atoms with E-state index in [1.807, 2.05) is 53.4 Å². The summed E-state index contributed by atoms with van der Waals surface area (Å²) >= 11 is 0. The van der Waals surface area contributed by atoms with Crippen LogP contribution in [0.25, 0.3) is 10.9 Å². The highest BCUT2D eigenvalue weighted by molar-refractivity contribution is 6.06. The van der Waals surface area contributed by atoms with Crippen molar-refractivity contribution in [1.29, 1.82) is 0 Å². The van der Waals surface area contributed by atoms with Crippen molar-refractivity contribution in [3.05, 3.63) is 71.9 Å². The lowest BCUT2D eigenvalue weighted by molar-refractivity contribution is 0.0613. The SMILES string of the molecule is COc1cccc(C2CCCCN2C(=O)c2ccnc3ccccc23)c1. The van der Waals surface area contributed by atoms with E-state index in [1.54, 1.807) is 13.3 Å². The van der Waals surface area contributed by atoms with E-state index in [0.29, 0.717) is 0 Å². The number of nitrogens with zero attached hydrogens (tertiary/aromatic N) is 2. The Morgan fingerprint density at radius 1 is 1.12 bits per heavy atom. The summed E-state index contributed by atoms with van der Waals surface area (Å²) in [5, 5.41) is 0.912. The topological polar surface area (TPSA) is 42.4 Å². The van der Waals surface area contributed by atoms with Gasteiger partial charge in [0.25, 0.3) is 5.91 Å². The highest BCUT2D eigenvalue weighted by Crippen LogP contribution is 2.34. The largest absolute Gasteiger partial charge is 0.497 e. The maximum Gasteiger partial charge on any atom is 0.255 e. The van der Waals surface area contributed by atoms with Gasteiger partial charge in [-0.05, 0) is 49.1 Å². The van der Waals surface area contributed by atoms with Crippen LogP contribution in [0, 0.1) is 0 Å². The van der Waals surface area contributed by atoms with E-state index in [1.165, 1.54) is 0 Å². The number of pyridine rings is 1. The first-order valence-electron chi connectivity index (χ1n) is 9.06. The Morgan fingerprint density at radius 2 is 2.00 bits per heavy atom. The maximum absolute atomic E-state index is 13.4. The van der Waals surface area contributed by atoms with Gasteiger partial charge in [0.05, 0.1) is 24.2 Å². The summed E-state index contributed by atoms with van der Waals surface area (Å²) in [6, 6.07) is 17.8. The van der Waals surface area contributed by atoms with E-state index in [9.17, 15) is 4.79 Å². The standard InChI is InChI=1S/C22H22N2O2/c1-26-17-8-6-7-16(15-17)21-11-4-5-14-24(21)22(25)19-12-13-23-20-10-3-2-9-18(19)20/h2-3,6-10,12-13,15,21H,4-5,11,14H2,1H3. The third-order valence-corrected chi connectivity index (χ3v) is 5.12. The van der Waals surface area contributed by atoms with Crippen LogP contribution < -0.4 is 4.74 Å². The number of carbonyl (C=O) groups is 1. The summed E-state index contributed by atoms with van der Waals surface area (Å²) in [7, 11) is 1.67. The van der Waals surface area contributed by atoms with Gasteiger partial charge in [-0.25, -0.2) is 0 Å². The molecule has 132 valence electrons. The molecule has 1 aliphatic rings. The predicted octanol–water partition coefficient (Wildman–Crippen LogP) is 4.61. The smallest absolute Gasteiger partial charge is 0.255 e. The Balaban J connectivity index is 1.72. The van der Waals surface area contributed by atoms with Crippen molar-refractivity contribution in [2.45, 2.75) is 25.3 Å². The van der Waals surface area contributed by atoms with Crippen molar-refractivity contribution in [2.75, 3.05) is 13.7 Å². The summed E-state index contributed by atoms with van der Waals surface area (Å²) in [5.74, 6) is 0.908. The number of ether oxygens (including phenoxy) is 1. The van der Waals surface area contributed by atoms with Gasteiger partial charge in [-0.3, -0.25) is 9.78 Å². The first-order valence-corrected chi connectivity index (χ1v) is 9.06. The molecular weight excluding hydrogens is 324 g/mol. The lowest BCUT2D eigenvalue weighted by Crippen LogP contribution is -2.38. The van der Waals surface area contributed by atoms with Gasteiger partial charge in [-0.15, -0.1) is 0 Å². The predicted molar refractivity (Wildman–Crippen MR) is 102 cm³/mol. The molecule has 1 fully saturated rings. The van der Waals surface area contributed by atoms with Crippen LogP contribution in [0.5, 0.6) is 5.75 Å². The van der Waals surface area contributed by atoms with Crippen LogP contribution in [0.3, 0.4) is 0 Å². The zero-order valence-corrected chi connectivity index (χ0v) is 14.9. The summed E-state index contributed by atoms with van der Waals surface area (Å²) in [6.07, 6.45) is 4.86. The molecule has 1 unspecified atom stereocenters. The molecule has 0 radical (unpaired) electrons. The number of carbonyl (C=O) groups excluding carboxylic acids is 1. The molecule has 1 aliphatic heterocycles. The van der Waals surface area contributed by atoms with Crippen LogP contribution in [0.15, 0.2) is 60.8 Å². The molecule has 4 heteroatoms. The second-order valence-electron chi connectivity index (χ2n) is 6.66. The Labute approximate surface area is 153 Å². The number of aromatic nitrogens is 1. The molecule has 0 aliphatic carbocycles. The molecule has 1 aromatic heterocycles. The van der Waals surface area contributed by atoms with Gasteiger partial charge in [0.1, 0.15) is 5.75 Å². The van der Waals surface area contributed by atoms with Gasteiger partial charge in [-0.1, -0.05) is 30.3 Å². The van der Waals surface area contributed by atoms with E-state index in [2.05, 4.69) is 11.1 Å². The highest BCUT2D eigenvalue weighted by atomic mass is 16.5. The van der Waals surface area contributed by atoms with Crippen molar-refractivity contribution in [3.63, 3.8) is 0 Å². The zero-order valence-electron chi connectivity index (χ0n) is 14.9. The minimum absolute atomic E-state index is 0.0797. The fourth-order valence-corrected chi connectivity index (χ4v) is 3.81. The number of likely N-dealkylation sites (tertiary alicyclic amines) is 1. The number of piperidine rings is 1. The van der Waals surface area contributed by atoms with E-state index >= 15 is 0 Å². The monoisotopic (exact) mass is 346 g/mol. The van der Waals surface area contributed by atoms with Crippen molar-refractivity contribution < 1.29 is 9.53 Å².